The number of carbonyl (C=O) groups excluding carboxylic acids is 2. The SMILES string of the molecule is O=C(c1ccccc1)[C@@H](C(=O)N1CCN(c2ccccc2)CC1)n1ccccc1=O. The van der Waals surface area contributed by atoms with Crippen LogP contribution in [0.5, 0.6) is 0 Å². The van der Waals surface area contributed by atoms with E-state index in [1.54, 1.807) is 41.3 Å². The van der Waals surface area contributed by atoms with Gasteiger partial charge in [-0.25, -0.2) is 0 Å². The van der Waals surface area contributed by atoms with Gasteiger partial charge in [-0.1, -0.05) is 54.6 Å². The molecule has 30 heavy (non-hydrogen) atoms. The van der Waals surface area contributed by atoms with Gasteiger partial charge in [0.15, 0.2) is 11.8 Å². The number of Topliss-reactive ketones (excluding diaryl/α,β-unsaturated/α-hetero) is 1. The van der Waals surface area contributed by atoms with E-state index in [4.69, 9.17) is 0 Å². The van der Waals surface area contributed by atoms with Crippen molar-refractivity contribution in [2.75, 3.05) is 31.1 Å². The average Bonchev–Trinajstić information content (AvgIpc) is 2.81. The van der Waals surface area contributed by atoms with E-state index in [0.717, 1.165) is 5.69 Å². The van der Waals surface area contributed by atoms with E-state index >= 15 is 0 Å². The highest BCUT2D eigenvalue weighted by molar-refractivity contribution is 6.11. The Balaban J connectivity index is 1.58. The first-order valence-corrected chi connectivity index (χ1v) is 10.0. The molecule has 1 atom stereocenters. The van der Waals surface area contributed by atoms with E-state index in [1.165, 1.54) is 16.8 Å². The summed E-state index contributed by atoms with van der Waals surface area (Å²) in [6.07, 6.45) is 1.51. The van der Waals surface area contributed by atoms with Crippen LogP contribution < -0.4 is 10.5 Å². The zero-order valence-electron chi connectivity index (χ0n) is 16.6. The number of hydrogen-bond donors (Lipinski definition) is 0. The van der Waals surface area contributed by atoms with Crippen LogP contribution in [0.1, 0.15) is 16.4 Å². The lowest BCUT2D eigenvalue weighted by atomic mass is 10.0. The summed E-state index contributed by atoms with van der Waals surface area (Å²) in [6.45, 7) is 2.33. The smallest absolute Gasteiger partial charge is 0.253 e. The summed E-state index contributed by atoms with van der Waals surface area (Å²) >= 11 is 0. The molecule has 0 saturated carbocycles. The maximum absolute atomic E-state index is 13.4. The summed E-state index contributed by atoms with van der Waals surface area (Å²) < 4.78 is 1.24. The van der Waals surface area contributed by atoms with Gasteiger partial charge >= 0.3 is 0 Å². The lowest BCUT2D eigenvalue weighted by Gasteiger charge is -2.37. The lowest BCUT2D eigenvalue weighted by molar-refractivity contribution is -0.133. The van der Waals surface area contributed by atoms with E-state index < -0.39 is 6.04 Å². The largest absolute Gasteiger partial charge is 0.368 e. The summed E-state index contributed by atoms with van der Waals surface area (Å²) in [5, 5.41) is 0. The topological polar surface area (TPSA) is 62.6 Å². The maximum Gasteiger partial charge on any atom is 0.253 e. The molecule has 2 heterocycles. The van der Waals surface area contributed by atoms with Crippen LogP contribution in [0.2, 0.25) is 0 Å². The third kappa shape index (κ3) is 4.03. The molecule has 0 aliphatic carbocycles. The second-order valence-electron chi connectivity index (χ2n) is 7.23. The second-order valence-corrected chi connectivity index (χ2v) is 7.23. The maximum atomic E-state index is 13.4. The van der Waals surface area contributed by atoms with Crippen molar-refractivity contribution in [3.8, 4) is 0 Å². The molecule has 6 nitrogen and oxygen atoms in total. The molecule has 0 radical (unpaired) electrons. The molecule has 1 aliphatic heterocycles. The minimum Gasteiger partial charge on any atom is -0.368 e. The molecular formula is C24H23N3O3. The third-order valence-corrected chi connectivity index (χ3v) is 5.38. The molecule has 6 heteroatoms. The van der Waals surface area contributed by atoms with Gasteiger partial charge in [-0.15, -0.1) is 0 Å². The number of hydrogen-bond acceptors (Lipinski definition) is 4. The summed E-state index contributed by atoms with van der Waals surface area (Å²) in [5.74, 6) is -0.718. The number of para-hydroxylation sites is 1. The first-order chi connectivity index (χ1) is 14.6. The monoisotopic (exact) mass is 401 g/mol. The van der Waals surface area contributed by atoms with Crippen molar-refractivity contribution < 1.29 is 9.59 Å². The zero-order chi connectivity index (χ0) is 20.9. The normalized spacial score (nSPS) is 14.9. The highest BCUT2D eigenvalue weighted by Gasteiger charge is 2.34. The molecule has 2 aromatic carbocycles. The van der Waals surface area contributed by atoms with Crippen molar-refractivity contribution in [3.63, 3.8) is 0 Å². The van der Waals surface area contributed by atoms with Crippen LogP contribution in [-0.4, -0.2) is 47.3 Å². The number of nitrogens with zero attached hydrogens (tertiary/aromatic N) is 3. The van der Waals surface area contributed by atoms with Crippen LogP contribution in [0.3, 0.4) is 0 Å². The quantitative estimate of drug-likeness (QED) is 0.487. The molecule has 1 aliphatic rings. The molecule has 1 fully saturated rings. The molecule has 1 amide bonds. The second kappa shape index (κ2) is 8.78. The van der Waals surface area contributed by atoms with Crippen LogP contribution >= 0.6 is 0 Å². The Bertz CT molecular complexity index is 1070. The van der Waals surface area contributed by atoms with Crippen LogP contribution in [-0.2, 0) is 4.79 Å². The first kappa shape index (κ1) is 19.6. The first-order valence-electron chi connectivity index (χ1n) is 10.0. The Hall–Kier alpha value is -3.67. The van der Waals surface area contributed by atoms with Gasteiger partial charge in [0.05, 0.1) is 0 Å². The molecule has 152 valence electrons. The van der Waals surface area contributed by atoms with Crippen molar-refractivity contribution >= 4 is 17.4 Å². The third-order valence-electron chi connectivity index (χ3n) is 5.38. The minimum atomic E-state index is -1.20. The molecule has 0 unspecified atom stereocenters. The Labute approximate surface area is 175 Å². The predicted molar refractivity (Wildman–Crippen MR) is 116 cm³/mol. The summed E-state index contributed by atoms with van der Waals surface area (Å²) in [4.78, 5) is 43.0. The van der Waals surface area contributed by atoms with Gasteiger partial charge in [0.2, 0.25) is 0 Å². The van der Waals surface area contributed by atoms with Crippen LogP contribution in [0.15, 0.2) is 89.9 Å². The fraction of sp³-hybridized carbons (Fsp3) is 0.208. The molecule has 1 saturated heterocycles. The summed E-state index contributed by atoms with van der Waals surface area (Å²) in [6, 6.07) is 22.1. The number of carbonyl (C=O) groups is 2. The van der Waals surface area contributed by atoms with E-state index in [-0.39, 0.29) is 17.2 Å². The minimum absolute atomic E-state index is 0.343. The number of pyridine rings is 1. The molecule has 0 spiro atoms. The van der Waals surface area contributed by atoms with Gasteiger partial charge in [0, 0.05) is 49.7 Å². The summed E-state index contributed by atoms with van der Waals surface area (Å²) in [7, 11) is 0. The molecular weight excluding hydrogens is 378 g/mol. The average molecular weight is 401 g/mol. The molecule has 3 aromatic rings. The van der Waals surface area contributed by atoms with E-state index in [0.29, 0.717) is 31.7 Å². The standard InChI is InChI=1S/C24H23N3O3/c28-21-13-7-8-14-27(21)22(23(29)19-9-3-1-4-10-19)24(30)26-17-15-25(16-18-26)20-11-5-2-6-12-20/h1-14,22H,15-18H2/t22-/m0/s1. The molecule has 1 aromatic heterocycles. The Morgan fingerprint density at radius 3 is 1.97 bits per heavy atom. The van der Waals surface area contributed by atoms with E-state index in [2.05, 4.69) is 4.90 Å². The Kier molecular flexibility index (Phi) is 5.75. The highest BCUT2D eigenvalue weighted by atomic mass is 16.2. The Morgan fingerprint density at radius 2 is 1.33 bits per heavy atom. The van der Waals surface area contributed by atoms with Gasteiger partial charge in [-0.2, -0.15) is 0 Å². The van der Waals surface area contributed by atoms with Crippen LogP contribution in [0, 0.1) is 0 Å². The fourth-order valence-corrected chi connectivity index (χ4v) is 3.77. The number of rotatable bonds is 5. The number of ketones is 1. The number of amides is 1. The lowest BCUT2D eigenvalue weighted by Crippen LogP contribution is -2.52. The Morgan fingerprint density at radius 1 is 0.733 bits per heavy atom. The molecule has 4 rings (SSSR count). The van der Waals surface area contributed by atoms with Gasteiger partial charge in [-0.05, 0) is 18.2 Å². The van der Waals surface area contributed by atoms with Crippen molar-refractivity contribution in [2.45, 2.75) is 6.04 Å². The van der Waals surface area contributed by atoms with Crippen molar-refractivity contribution in [1.82, 2.24) is 9.47 Å². The highest BCUT2D eigenvalue weighted by Crippen LogP contribution is 2.20. The number of anilines is 1. The van der Waals surface area contributed by atoms with Crippen molar-refractivity contribution in [3.05, 3.63) is 101 Å². The number of piperazine rings is 1. The fourth-order valence-electron chi connectivity index (χ4n) is 3.77. The predicted octanol–water partition coefficient (Wildman–Crippen LogP) is 2.62. The molecule has 0 N–H and O–H groups in total. The van der Waals surface area contributed by atoms with E-state index in [1.807, 2.05) is 36.4 Å². The van der Waals surface area contributed by atoms with Crippen molar-refractivity contribution in [2.24, 2.45) is 0 Å². The zero-order valence-corrected chi connectivity index (χ0v) is 16.6. The summed E-state index contributed by atoms with van der Waals surface area (Å²) in [5.41, 5.74) is 1.15. The van der Waals surface area contributed by atoms with Gasteiger partial charge < -0.3 is 9.80 Å². The number of aromatic nitrogens is 1. The van der Waals surface area contributed by atoms with Gasteiger partial charge in [0.25, 0.3) is 11.5 Å². The number of benzene rings is 2. The van der Waals surface area contributed by atoms with Gasteiger partial charge in [0.1, 0.15) is 0 Å². The van der Waals surface area contributed by atoms with E-state index in [9.17, 15) is 14.4 Å². The van der Waals surface area contributed by atoms with Gasteiger partial charge in [-0.3, -0.25) is 19.0 Å². The van der Waals surface area contributed by atoms with Crippen LogP contribution in [0.4, 0.5) is 5.69 Å². The van der Waals surface area contributed by atoms with Crippen molar-refractivity contribution in [1.29, 1.82) is 0 Å². The molecule has 0 bridgehead atoms. The van der Waals surface area contributed by atoms with Crippen LogP contribution in [0.25, 0.3) is 0 Å².